The number of nitrogens with one attached hydrogen (secondary N) is 1. The Labute approximate surface area is 120 Å². The summed E-state index contributed by atoms with van der Waals surface area (Å²) in [6, 6.07) is 0.897. The fourth-order valence-corrected chi connectivity index (χ4v) is 4.21. The number of nitrogens with zero attached hydrogens (tertiary/aromatic N) is 1. The summed E-state index contributed by atoms with van der Waals surface area (Å²) in [5.41, 5.74) is 0. The molecule has 1 heterocycles. The zero-order valence-corrected chi connectivity index (χ0v) is 13.3. The highest BCUT2D eigenvalue weighted by atomic mass is 15.2. The van der Waals surface area contributed by atoms with E-state index in [0.29, 0.717) is 0 Å². The van der Waals surface area contributed by atoms with E-state index in [1.54, 1.807) is 0 Å². The second-order valence-electron chi connectivity index (χ2n) is 7.05. The van der Waals surface area contributed by atoms with Gasteiger partial charge in [0.25, 0.3) is 0 Å². The molecule has 2 heteroatoms. The molecule has 0 bridgehead atoms. The third-order valence-corrected chi connectivity index (χ3v) is 5.44. The van der Waals surface area contributed by atoms with Gasteiger partial charge in [0.2, 0.25) is 0 Å². The molecule has 2 atom stereocenters. The highest BCUT2D eigenvalue weighted by Gasteiger charge is 2.33. The van der Waals surface area contributed by atoms with E-state index in [2.05, 4.69) is 31.0 Å². The summed E-state index contributed by atoms with van der Waals surface area (Å²) in [5, 5.41) is 3.52. The average molecular weight is 266 g/mol. The van der Waals surface area contributed by atoms with E-state index < -0.39 is 0 Å². The quantitative estimate of drug-likeness (QED) is 0.819. The lowest BCUT2D eigenvalue weighted by atomic mass is 9.76. The van der Waals surface area contributed by atoms with Gasteiger partial charge in [-0.05, 0) is 69.6 Å². The summed E-state index contributed by atoms with van der Waals surface area (Å²) in [7, 11) is 0. The van der Waals surface area contributed by atoms with Crippen molar-refractivity contribution in [1.82, 2.24) is 10.2 Å². The van der Waals surface area contributed by atoms with Gasteiger partial charge in [0, 0.05) is 6.04 Å². The Kier molecular flexibility index (Phi) is 6.15. The van der Waals surface area contributed by atoms with Gasteiger partial charge in [0.05, 0.1) is 0 Å². The van der Waals surface area contributed by atoms with Crippen LogP contribution in [0.25, 0.3) is 0 Å². The Morgan fingerprint density at radius 1 is 1.05 bits per heavy atom. The van der Waals surface area contributed by atoms with Crippen LogP contribution < -0.4 is 5.32 Å². The number of likely N-dealkylation sites (tertiary alicyclic amines) is 1. The second-order valence-corrected chi connectivity index (χ2v) is 7.05. The van der Waals surface area contributed by atoms with Crippen molar-refractivity contribution in [3.05, 3.63) is 0 Å². The van der Waals surface area contributed by atoms with Crippen molar-refractivity contribution < 1.29 is 0 Å². The molecule has 0 aromatic carbocycles. The van der Waals surface area contributed by atoms with E-state index in [1.165, 1.54) is 58.2 Å². The molecule has 1 aliphatic heterocycles. The third-order valence-electron chi connectivity index (χ3n) is 5.44. The van der Waals surface area contributed by atoms with E-state index in [9.17, 15) is 0 Å². The molecule has 2 aliphatic rings. The maximum atomic E-state index is 3.52. The molecule has 112 valence electrons. The van der Waals surface area contributed by atoms with Crippen molar-refractivity contribution >= 4 is 0 Å². The van der Waals surface area contributed by atoms with Crippen LogP contribution in [0.4, 0.5) is 0 Å². The van der Waals surface area contributed by atoms with E-state index in [-0.39, 0.29) is 0 Å². The van der Waals surface area contributed by atoms with Gasteiger partial charge in [0.15, 0.2) is 0 Å². The molecule has 1 saturated heterocycles. The Hall–Kier alpha value is -0.0800. The first kappa shape index (κ1) is 15.3. The van der Waals surface area contributed by atoms with Gasteiger partial charge < -0.3 is 10.2 Å². The summed E-state index contributed by atoms with van der Waals surface area (Å²) < 4.78 is 0. The van der Waals surface area contributed by atoms with Gasteiger partial charge in [-0.1, -0.05) is 33.6 Å². The molecule has 0 aromatic heterocycles. The van der Waals surface area contributed by atoms with Crippen LogP contribution in [0.3, 0.4) is 0 Å². The summed E-state index contributed by atoms with van der Waals surface area (Å²) in [4.78, 5) is 2.84. The number of hydrogen-bond donors (Lipinski definition) is 1. The molecule has 1 saturated carbocycles. The number of rotatable bonds is 5. The van der Waals surface area contributed by atoms with Crippen molar-refractivity contribution in [2.45, 2.75) is 65.3 Å². The van der Waals surface area contributed by atoms with E-state index in [4.69, 9.17) is 0 Å². The molecular weight excluding hydrogens is 232 g/mol. The first-order chi connectivity index (χ1) is 9.22. The fourth-order valence-electron chi connectivity index (χ4n) is 4.21. The normalized spacial score (nSPS) is 30.9. The maximum absolute atomic E-state index is 3.52. The third kappa shape index (κ3) is 4.19. The molecule has 2 nitrogen and oxygen atoms in total. The summed E-state index contributed by atoms with van der Waals surface area (Å²) in [5.74, 6) is 2.75. The Balaban J connectivity index is 1.82. The van der Waals surface area contributed by atoms with Crippen LogP contribution in [0, 0.1) is 17.8 Å². The van der Waals surface area contributed by atoms with Gasteiger partial charge in [-0.3, -0.25) is 0 Å². The maximum Gasteiger partial charge on any atom is 0.0126 e. The van der Waals surface area contributed by atoms with Gasteiger partial charge in [-0.2, -0.15) is 0 Å². The molecule has 0 aromatic rings. The topological polar surface area (TPSA) is 15.3 Å². The van der Waals surface area contributed by atoms with E-state index >= 15 is 0 Å². The van der Waals surface area contributed by atoms with Crippen LogP contribution in [0.2, 0.25) is 0 Å². The number of hydrogen-bond acceptors (Lipinski definition) is 2. The minimum absolute atomic E-state index is 0.866. The summed E-state index contributed by atoms with van der Waals surface area (Å²) in [6.07, 6.45) is 8.68. The molecule has 2 rings (SSSR count). The van der Waals surface area contributed by atoms with Crippen LogP contribution in [-0.2, 0) is 0 Å². The van der Waals surface area contributed by atoms with Gasteiger partial charge in [-0.25, -0.2) is 0 Å². The van der Waals surface area contributed by atoms with Crippen LogP contribution in [0.5, 0.6) is 0 Å². The lowest BCUT2D eigenvalue weighted by Gasteiger charge is -2.45. The highest BCUT2D eigenvalue weighted by molar-refractivity contribution is 4.87. The molecule has 19 heavy (non-hydrogen) atoms. The van der Waals surface area contributed by atoms with Crippen molar-refractivity contribution in [3.8, 4) is 0 Å². The minimum Gasteiger partial charge on any atom is -0.317 e. The predicted octanol–water partition coefficient (Wildman–Crippen LogP) is 3.52. The van der Waals surface area contributed by atoms with Crippen LogP contribution in [-0.4, -0.2) is 37.1 Å². The predicted molar refractivity (Wildman–Crippen MR) is 83.4 cm³/mol. The van der Waals surface area contributed by atoms with Crippen molar-refractivity contribution in [3.63, 3.8) is 0 Å². The van der Waals surface area contributed by atoms with E-state index in [0.717, 1.165) is 30.3 Å². The standard InChI is InChI=1S/C17H34N2/c1-4-18-13-15-9-11-19(12-10-15)17-8-6-5-7-16(17)14(2)3/h14-18H,4-13H2,1-3H3. The lowest BCUT2D eigenvalue weighted by molar-refractivity contribution is 0.0501. The molecule has 2 fully saturated rings. The molecule has 0 radical (unpaired) electrons. The van der Waals surface area contributed by atoms with Gasteiger partial charge >= 0.3 is 0 Å². The second kappa shape index (κ2) is 7.64. The van der Waals surface area contributed by atoms with Crippen molar-refractivity contribution in [1.29, 1.82) is 0 Å². The first-order valence-corrected chi connectivity index (χ1v) is 8.67. The molecule has 2 unspecified atom stereocenters. The minimum atomic E-state index is 0.866. The van der Waals surface area contributed by atoms with E-state index in [1.807, 2.05) is 0 Å². The molecule has 1 aliphatic carbocycles. The molecule has 1 N–H and O–H groups in total. The lowest BCUT2D eigenvalue weighted by Crippen LogP contribution is -2.48. The van der Waals surface area contributed by atoms with Crippen LogP contribution in [0.1, 0.15) is 59.3 Å². The largest absolute Gasteiger partial charge is 0.317 e. The van der Waals surface area contributed by atoms with Crippen LogP contribution >= 0.6 is 0 Å². The first-order valence-electron chi connectivity index (χ1n) is 8.67. The summed E-state index contributed by atoms with van der Waals surface area (Å²) in [6.45, 7) is 12.1. The Bertz CT molecular complexity index is 244. The number of piperidine rings is 1. The van der Waals surface area contributed by atoms with Gasteiger partial charge in [0.1, 0.15) is 0 Å². The molecule has 0 spiro atoms. The monoisotopic (exact) mass is 266 g/mol. The van der Waals surface area contributed by atoms with Crippen LogP contribution in [0.15, 0.2) is 0 Å². The zero-order chi connectivity index (χ0) is 13.7. The smallest absolute Gasteiger partial charge is 0.0126 e. The zero-order valence-electron chi connectivity index (χ0n) is 13.3. The highest BCUT2D eigenvalue weighted by Crippen LogP contribution is 2.35. The fraction of sp³-hybridized carbons (Fsp3) is 1.00. The molecular formula is C17H34N2. The summed E-state index contributed by atoms with van der Waals surface area (Å²) >= 11 is 0. The Morgan fingerprint density at radius 3 is 2.37 bits per heavy atom. The average Bonchev–Trinajstić information content (AvgIpc) is 2.45. The Morgan fingerprint density at radius 2 is 1.74 bits per heavy atom. The van der Waals surface area contributed by atoms with Crippen molar-refractivity contribution in [2.75, 3.05) is 26.2 Å². The molecule has 0 amide bonds. The van der Waals surface area contributed by atoms with Gasteiger partial charge in [-0.15, -0.1) is 0 Å². The van der Waals surface area contributed by atoms with Crippen molar-refractivity contribution in [2.24, 2.45) is 17.8 Å². The SMILES string of the molecule is CCNCC1CCN(C2CCCCC2C(C)C)CC1.